The third-order valence-corrected chi connectivity index (χ3v) is 11.7. The lowest BCUT2D eigenvalue weighted by Crippen LogP contribution is -2.55. The van der Waals surface area contributed by atoms with E-state index in [0.717, 1.165) is 32.1 Å². The lowest BCUT2D eigenvalue weighted by Gasteiger charge is -2.48. The molecule has 2 aromatic rings. The van der Waals surface area contributed by atoms with Gasteiger partial charge in [-0.1, -0.05) is 43.3 Å². The monoisotopic (exact) mass is 803 g/mol. The number of guanidine groups is 1. The van der Waals surface area contributed by atoms with Gasteiger partial charge in [0.2, 0.25) is 17.7 Å². The van der Waals surface area contributed by atoms with Crippen molar-refractivity contribution in [2.75, 3.05) is 19.7 Å². The van der Waals surface area contributed by atoms with Crippen LogP contribution < -0.4 is 37.5 Å². The molecule has 2 aromatic carbocycles. The van der Waals surface area contributed by atoms with Gasteiger partial charge in [-0.25, -0.2) is 4.79 Å². The first-order valence-corrected chi connectivity index (χ1v) is 19.6. The average Bonchev–Trinajstić information content (AvgIpc) is 3.50. The number of carboxylic acid groups (broad SMARTS) is 2. The smallest absolute Gasteiger partial charge is 0.326 e. The summed E-state index contributed by atoms with van der Waals surface area (Å²) in [5.74, 6) is -4.10. The Labute approximate surface area is 336 Å². The van der Waals surface area contributed by atoms with Gasteiger partial charge in [-0.15, -0.1) is 0 Å². The van der Waals surface area contributed by atoms with E-state index in [9.17, 15) is 43.8 Å². The molecule has 3 aliphatic carbocycles. The van der Waals surface area contributed by atoms with E-state index in [4.69, 9.17) is 16.2 Å². The molecule has 17 nitrogen and oxygen atoms in total. The average molecular weight is 804 g/mol. The summed E-state index contributed by atoms with van der Waals surface area (Å²) in [5, 5.41) is 28.6. The number of ether oxygens (including phenoxy) is 1. The van der Waals surface area contributed by atoms with Crippen molar-refractivity contribution in [3.05, 3.63) is 65.2 Å². The molecule has 4 amide bonds. The number of aliphatic imine (C=N–C) groups is 1. The van der Waals surface area contributed by atoms with Crippen LogP contribution in [-0.2, 0) is 46.4 Å². The SMILES string of the molecule is C[C@]12CC[C@@H]3c4ccc(OCC(=O)N[C@@H](CCCN=C(N)N)C(=O)NCC(=O)N[C@@H](CC(=O)O)C(=O)N[C@@H](Cc5ccccc5)C(=O)O)cc4CC[C@H]3[C@@H]1CCC2=O. The van der Waals surface area contributed by atoms with Crippen LogP contribution in [-0.4, -0.2) is 95.3 Å². The van der Waals surface area contributed by atoms with Gasteiger partial charge in [0.1, 0.15) is 29.7 Å². The minimum Gasteiger partial charge on any atom is -0.484 e. The van der Waals surface area contributed by atoms with Gasteiger partial charge in [-0.3, -0.25) is 33.8 Å². The molecule has 0 saturated heterocycles. The van der Waals surface area contributed by atoms with Crippen molar-refractivity contribution in [1.82, 2.24) is 21.3 Å². The Bertz CT molecular complexity index is 1900. The number of carbonyl (C=O) groups is 7. The van der Waals surface area contributed by atoms with Crippen LogP contribution in [0.15, 0.2) is 53.5 Å². The molecule has 0 bridgehead atoms. The lowest BCUT2D eigenvalue weighted by atomic mass is 9.55. The molecule has 5 rings (SSSR count). The number of aliphatic carboxylic acids is 2. The van der Waals surface area contributed by atoms with Gasteiger partial charge in [0.15, 0.2) is 12.6 Å². The molecule has 0 aliphatic heterocycles. The third-order valence-electron chi connectivity index (χ3n) is 11.7. The Morgan fingerprint density at radius 2 is 1.64 bits per heavy atom. The molecule has 0 aromatic heterocycles. The minimum absolute atomic E-state index is 0.0745. The molecule has 0 spiro atoms. The first kappa shape index (κ1) is 43.1. The number of nitrogens with zero attached hydrogens (tertiary/aromatic N) is 1. The van der Waals surface area contributed by atoms with Crippen molar-refractivity contribution in [3.8, 4) is 5.75 Å². The number of nitrogens with one attached hydrogen (secondary N) is 4. The summed E-state index contributed by atoms with van der Waals surface area (Å²) in [6.45, 7) is 1.20. The van der Waals surface area contributed by atoms with Gasteiger partial charge in [0.05, 0.1) is 13.0 Å². The zero-order chi connectivity index (χ0) is 42.0. The Morgan fingerprint density at radius 1 is 0.897 bits per heavy atom. The van der Waals surface area contributed by atoms with Crippen LogP contribution in [0, 0.1) is 17.3 Å². The molecule has 0 heterocycles. The Morgan fingerprint density at radius 3 is 2.34 bits per heavy atom. The Balaban J connectivity index is 1.15. The maximum atomic E-state index is 13.3. The van der Waals surface area contributed by atoms with E-state index in [-0.39, 0.29) is 37.2 Å². The van der Waals surface area contributed by atoms with Crippen LogP contribution in [0.4, 0.5) is 0 Å². The molecule has 2 saturated carbocycles. The zero-order valence-electron chi connectivity index (χ0n) is 32.5. The fourth-order valence-corrected chi connectivity index (χ4v) is 8.82. The minimum atomic E-state index is -1.66. The molecule has 2 fully saturated rings. The number of ketones is 1. The topological polar surface area (TPSA) is 282 Å². The molecule has 0 radical (unpaired) electrons. The molecule has 58 heavy (non-hydrogen) atoms. The number of carbonyl (C=O) groups excluding carboxylic acids is 5. The van der Waals surface area contributed by atoms with Gasteiger partial charge in [-0.2, -0.15) is 0 Å². The van der Waals surface area contributed by atoms with Crippen molar-refractivity contribution in [2.24, 2.45) is 33.7 Å². The van der Waals surface area contributed by atoms with Crippen molar-refractivity contribution >= 4 is 47.3 Å². The maximum absolute atomic E-state index is 13.3. The largest absolute Gasteiger partial charge is 0.484 e. The first-order chi connectivity index (χ1) is 27.6. The van der Waals surface area contributed by atoms with E-state index >= 15 is 0 Å². The second-order valence-electron chi connectivity index (χ2n) is 15.6. The lowest BCUT2D eigenvalue weighted by molar-refractivity contribution is -0.143. The Kier molecular flexibility index (Phi) is 14.5. The molecule has 0 unspecified atom stereocenters. The van der Waals surface area contributed by atoms with E-state index in [1.54, 1.807) is 30.3 Å². The number of Topliss-reactive ketones (excluding diaryl/α,β-unsaturated/α-hetero) is 1. The van der Waals surface area contributed by atoms with E-state index < -0.39 is 73.3 Å². The highest BCUT2D eigenvalue weighted by Gasteiger charge is 2.54. The number of fused-ring (bicyclic) bond motifs is 5. The van der Waals surface area contributed by atoms with Gasteiger partial charge in [0.25, 0.3) is 5.91 Å². The maximum Gasteiger partial charge on any atom is 0.326 e. The number of aryl methyl sites for hydroxylation is 1. The van der Waals surface area contributed by atoms with E-state index in [0.29, 0.717) is 41.3 Å². The number of nitrogens with two attached hydrogens (primary N) is 2. The molecule has 7 atom stereocenters. The van der Waals surface area contributed by atoms with Crippen LogP contribution in [0.5, 0.6) is 5.75 Å². The standard InChI is InChI=1S/C41H53N7O10/c1-41-16-15-27-26-12-10-25(19-24(26)9-11-28(27)29(41)13-14-33(41)49)58-22-35(51)46-30(8-5-17-44-40(42)43)37(54)45-21-34(50)47-31(20-36(52)53)38(55)48-32(39(56)57)18-23-6-3-2-4-7-23/h2-4,6-7,10,12,19,27-32H,5,8-9,11,13-18,20-22H2,1H3,(H,45,54)(H,46,51)(H,47,50)(H,48,55)(H,52,53)(H,56,57)(H4,42,43,44)/t27-,28-,29+,30+,31+,32+,41+/m1/s1. The van der Waals surface area contributed by atoms with Crippen molar-refractivity contribution in [2.45, 2.75) is 95.2 Å². The summed E-state index contributed by atoms with van der Waals surface area (Å²) in [4.78, 5) is 92.2. The summed E-state index contributed by atoms with van der Waals surface area (Å²) in [6.07, 6.45) is 4.74. The van der Waals surface area contributed by atoms with Crippen molar-refractivity contribution < 1.29 is 48.5 Å². The van der Waals surface area contributed by atoms with Crippen LogP contribution in [0.2, 0.25) is 0 Å². The molecule has 312 valence electrons. The van der Waals surface area contributed by atoms with Crippen molar-refractivity contribution in [1.29, 1.82) is 0 Å². The number of hydrogen-bond acceptors (Lipinski definition) is 9. The second-order valence-corrected chi connectivity index (χ2v) is 15.6. The summed E-state index contributed by atoms with van der Waals surface area (Å²) in [7, 11) is 0. The van der Waals surface area contributed by atoms with Crippen LogP contribution in [0.3, 0.4) is 0 Å². The predicted octanol–water partition coefficient (Wildman–Crippen LogP) is 0.917. The zero-order valence-corrected chi connectivity index (χ0v) is 32.5. The number of carboxylic acids is 2. The molecule has 10 N–H and O–H groups in total. The van der Waals surface area contributed by atoms with E-state index in [2.05, 4.69) is 39.2 Å². The van der Waals surface area contributed by atoms with Crippen molar-refractivity contribution in [3.63, 3.8) is 0 Å². The second kappa shape index (κ2) is 19.4. The number of amides is 4. The molecule has 17 heteroatoms. The molecular weight excluding hydrogens is 750 g/mol. The predicted molar refractivity (Wildman–Crippen MR) is 210 cm³/mol. The van der Waals surface area contributed by atoms with E-state index in [1.165, 1.54) is 11.1 Å². The number of rotatable bonds is 19. The number of hydrogen-bond donors (Lipinski definition) is 8. The fraction of sp³-hybridized carbons (Fsp3) is 0.512. The van der Waals surface area contributed by atoms with Gasteiger partial charge >= 0.3 is 11.9 Å². The van der Waals surface area contributed by atoms with Crippen LogP contribution in [0.25, 0.3) is 0 Å². The summed E-state index contributed by atoms with van der Waals surface area (Å²) in [6, 6.07) is 10.1. The van der Waals surface area contributed by atoms with Gasteiger partial charge in [0, 0.05) is 24.8 Å². The number of benzene rings is 2. The Hall–Kier alpha value is -6.00. The van der Waals surface area contributed by atoms with Gasteiger partial charge < -0.3 is 47.7 Å². The summed E-state index contributed by atoms with van der Waals surface area (Å²) in [5.41, 5.74) is 13.7. The molecular formula is C41H53N7O10. The normalized spacial score (nSPS) is 22.0. The van der Waals surface area contributed by atoms with Gasteiger partial charge in [-0.05, 0) is 91.5 Å². The third kappa shape index (κ3) is 11.1. The highest BCUT2D eigenvalue weighted by atomic mass is 16.5. The first-order valence-electron chi connectivity index (χ1n) is 19.6. The molecule has 3 aliphatic rings. The summed E-state index contributed by atoms with van der Waals surface area (Å²) >= 11 is 0. The highest BCUT2D eigenvalue weighted by Crippen LogP contribution is 2.59. The fourth-order valence-electron chi connectivity index (χ4n) is 8.82. The van der Waals surface area contributed by atoms with Crippen LogP contribution in [0.1, 0.15) is 80.9 Å². The van der Waals surface area contributed by atoms with Crippen LogP contribution >= 0.6 is 0 Å². The van der Waals surface area contributed by atoms with E-state index in [1.807, 2.05) is 12.1 Å². The summed E-state index contributed by atoms with van der Waals surface area (Å²) < 4.78 is 5.85. The quantitative estimate of drug-likeness (QED) is 0.0559. The highest BCUT2D eigenvalue weighted by molar-refractivity contribution is 5.95.